The van der Waals surface area contributed by atoms with Crippen LogP contribution in [-0.2, 0) is 4.12 Å². The summed E-state index contributed by atoms with van der Waals surface area (Å²) in [6.07, 6.45) is 0. The highest BCUT2D eigenvalue weighted by atomic mass is 28.3. The number of hydrogen-bond acceptors (Lipinski definition) is 3. The van der Waals surface area contributed by atoms with Crippen LogP contribution in [0, 0.1) is 5.92 Å². The second-order valence-electron chi connectivity index (χ2n) is 3.40. The van der Waals surface area contributed by atoms with Crippen LogP contribution in [-0.4, -0.2) is 39.9 Å². The molecule has 0 aromatic carbocycles. The molecular weight excluding hydrogens is 184 g/mol. The van der Waals surface area contributed by atoms with Crippen molar-refractivity contribution in [3.63, 3.8) is 0 Å². The first-order valence-electron chi connectivity index (χ1n) is 4.62. The molecule has 0 saturated heterocycles. The number of hydrogen-bond donors (Lipinski definition) is 2. The summed E-state index contributed by atoms with van der Waals surface area (Å²) in [6, 6.07) is 0. The van der Waals surface area contributed by atoms with Crippen molar-refractivity contribution in [3.8, 4) is 0 Å². The maximum atomic E-state index is 5.38. The van der Waals surface area contributed by atoms with Gasteiger partial charge in [0.1, 0.15) is 20.2 Å². The van der Waals surface area contributed by atoms with Gasteiger partial charge in [0.2, 0.25) is 0 Å². The molecule has 0 aliphatic rings. The molecular formula is C7H22N2OSi2. The average Bonchev–Trinajstić information content (AvgIpc) is 2.05. The van der Waals surface area contributed by atoms with E-state index in [4.69, 9.17) is 9.85 Å². The quantitative estimate of drug-likeness (QED) is 0.388. The van der Waals surface area contributed by atoms with Crippen molar-refractivity contribution < 1.29 is 4.12 Å². The van der Waals surface area contributed by atoms with Gasteiger partial charge in [-0.25, -0.2) is 0 Å². The fourth-order valence-corrected chi connectivity index (χ4v) is 3.66. The van der Waals surface area contributed by atoms with Gasteiger partial charge in [-0.1, -0.05) is 13.8 Å². The summed E-state index contributed by atoms with van der Waals surface area (Å²) >= 11 is 0. The number of nitrogens with two attached hydrogens (primary N) is 1. The van der Waals surface area contributed by atoms with Crippen molar-refractivity contribution in [3.05, 3.63) is 0 Å². The minimum atomic E-state index is -0.245. The molecule has 0 bridgehead atoms. The summed E-state index contributed by atoms with van der Waals surface area (Å²) in [7, 11) is 0.665. The zero-order valence-electron chi connectivity index (χ0n) is 8.47. The van der Waals surface area contributed by atoms with E-state index in [0.717, 1.165) is 41.6 Å². The molecule has 0 rings (SSSR count). The fourth-order valence-electron chi connectivity index (χ4n) is 1.06. The summed E-state index contributed by atoms with van der Waals surface area (Å²) < 4.78 is 5.36. The fraction of sp³-hybridized carbons (Fsp3) is 1.00. The molecule has 3 nitrogen and oxygen atoms in total. The Morgan fingerprint density at radius 2 is 2.25 bits per heavy atom. The van der Waals surface area contributed by atoms with Gasteiger partial charge >= 0.3 is 0 Å². The van der Waals surface area contributed by atoms with Crippen molar-refractivity contribution in [2.75, 3.05) is 19.6 Å². The standard InChI is InChI=1S/C7H22N2OSi2/c1-6(5-9-4-3-8)7(2)12-10-11/h6-7,9H,3-5,8,12H2,1-2,11H3. The zero-order valence-corrected chi connectivity index (χ0v) is 11.9. The minimum Gasteiger partial charge on any atom is -0.468 e. The van der Waals surface area contributed by atoms with E-state index >= 15 is 0 Å². The SMILES string of the molecule is CC(CNCCN)C(C)[SiH2]O[SiH3]. The van der Waals surface area contributed by atoms with Gasteiger partial charge in [-0.15, -0.1) is 0 Å². The first-order valence-corrected chi connectivity index (χ1v) is 6.83. The minimum absolute atomic E-state index is 0.245. The van der Waals surface area contributed by atoms with E-state index in [1.54, 1.807) is 0 Å². The van der Waals surface area contributed by atoms with Crippen LogP contribution < -0.4 is 11.1 Å². The van der Waals surface area contributed by atoms with E-state index in [0.29, 0.717) is 0 Å². The van der Waals surface area contributed by atoms with Crippen LogP contribution in [0.5, 0.6) is 0 Å². The van der Waals surface area contributed by atoms with Gasteiger partial charge in [0.15, 0.2) is 0 Å². The molecule has 0 aliphatic carbocycles. The van der Waals surface area contributed by atoms with Crippen LogP contribution >= 0.6 is 0 Å². The molecule has 12 heavy (non-hydrogen) atoms. The van der Waals surface area contributed by atoms with Crippen molar-refractivity contribution in [2.24, 2.45) is 11.7 Å². The normalized spacial score (nSPS) is 17.2. The molecule has 0 aromatic heterocycles. The summed E-state index contributed by atoms with van der Waals surface area (Å²) in [4.78, 5) is 0. The Kier molecular flexibility index (Phi) is 8.14. The Morgan fingerprint density at radius 3 is 2.75 bits per heavy atom. The second kappa shape index (κ2) is 7.94. The Bertz CT molecular complexity index is 105. The molecule has 0 radical (unpaired) electrons. The van der Waals surface area contributed by atoms with Gasteiger partial charge in [0.05, 0.1) is 0 Å². The van der Waals surface area contributed by atoms with Crippen molar-refractivity contribution in [1.82, 2.24) is 5.32 Å². The third kappa shape index (κ3) is 5.90. The maximum Gasteiger partial charge on any atom is 0.148 e. The second-order valence-corrected chi connectivity index (χ2v) is 7.33. The molecule has 3 N–H and O–H groups in total. The van der Waals surface area contributed by atoms with Crippen LogP contribution in [0.2, 0.25) is 5.54 Å². The Balaban J connectivity index is 3.35. The lowest BCUT2D eigenvalue weighted by molar-refractivity contribution is 0.480. The molecule has 5 heteroatoms. The predicted octanol–water partition coefficient (Wildman–Crippen LogP) is -1.64. The molecule has 0 amide bonds. The highest BCUT2D eigenvalue weighted by Crippen LogP contribution is 2.14. The largest absolute Gasteiger partial charge is 0.468 e. The summed E-state index contributed by atoms with van der Waals surface area (Å²) in [6.45, 7) is 7.31. The third-order valence-electron chi connectivity index (χ3n) is 2.19. The molecule has 0 fully saturated rings. The summed E-state index contributed by atoms with van der Waals surface area (Å²) in [5, 5.41) is 3.33. The van der Waals surface area contributed by atoms with Crippen molar-refractivity contribution in [2.45, 2.75) is 19.4 Å². The smallest absolute Gasteiger partial charge is 0.148 e. The Morgan fingerprint density at radius 1 is 1.58 bits per heavy atom. The van der Waals surface area contributed by atoms with Crippen LogP contribution in [0.15, 0.2) is 0 Å². The first-order chi connectivity index (χ1) is 5.72. The predicted molar refractivity (Wildman–Crippen MR) is 60.1 cm³/mol. The van der Waals surface area contributed by atoms with Gasteiger partial charge in [0.25, 0.3) is 0 Å². The summed E-state index contributed by atoms with van der Waals surface area (Å²) in [5.74, 6) is 0.733. The van der Waals surface area contributed by atoms with Gasteiger partial charge in [-0.3, -0.25) is 0 Å². The number of nitrogens with one attached hydrogen (secondary N) is 1. The van der Waals surface area contributed by atoms with Crippen LogP contribution in [0.3, 0.4) is 0 Å². The van der Waals surface area contributed by atoms with Gasteiger partial charge in [-0.2, -0.15) is 0 Å². The molecule has 0 aromatic rings. The van der Waals surface area contributed by atoms with E-state index < -0.39 is 0 Å². The van der Waals surface area contributed by atoms with Crippen LogP contribution in [0.4, 0.5) is 0 Å². The molecule has 0 aliphatic heterocycles. The number of rotatable bonds is 7. The molecule has 2 atom stereocenters. The molecule has 0 heterocycles. The molecule has 0 spiro atoms. The molecule has 74 valence electrons. The lowest BCUT2D eigenvalue weighted by atomic mass is 10.1. The topological polar surface area (TPSA) is 47.3 Å². The lowest BCUT2D eigenvalue weighted by Gasteiger charge is -2.18. The monoisotopic (exact) mass is 206 g/mol. The summed E-state index contributed by atoms with van der Waals surface area (Å²) in [5.41, 5.74) is 6.16. The van der Waals surface area contributed by atoms with Crippen molar-refractivity contribution >= 4 is 20.2 Å². The van der Waals surface area contributed by atoms with Gasteiger partial charge < -0.3 is 15.2 Å². The lowest BCUT2D eigenvalue weighted by Crippen LogP contribution is -2.29. The highest BCUT2D eigenvalue weighted by Gasteiger charge is 2.11. The Hall–Kier alpha value is 0.314. The Labute approximate surface area is 80.9 Å². The highest BCUT2D eigenvalue weighted by molar-refractivity contribution is 6.36. The third-order valence-corrected chi connectivity index (χ3v) is 4.85. The van der Waals surface area contributed by atoms with Crippen LogP contribution in [0.25, 0.3) is 0 Å². The average molecular weight is 206 g/mol. The maximum absolute atomic E-state index is 5.38. The van der Waals surface area contributed by atoms with E-state index in [1.165, 1.54) is 0 Å². The molecule has 0 saturated carbocycles. The van der Waals surface area contributed by atoms with Crippen molar-refractivity contribution in [1.29, 1.82) is 0 Å². The van der Waals surface area contributed by atoms with E-state index in [1.807, 2.05) is 0 Å². The van der Waals surface area contributed by atoms with E-state index in [9.17, 15) is 0 Å². The van der Waals surface area contributed by atoms with E-state index in [-0.39, 0.29) is 9.76 Å². The first kappa shape index (κ1) is 12.3. The molecule has 2 unspecified atom stereocenters. The van der Waals surface area contributed by atoms with Gasteiger partial charge in [0, 0.05) is 13.1 Å². The zero-order chi connectivity index (χ0) is 9.40. The van der Waals surface area contributed by atoms with Gasteiger partial charge in [-0.05, 0) is 18.0 Å². The van der Waals surface area contributed by atoms with E-state index in [2.05, 4.69) is 19.2 Å². The van der Waals surface area contributed by atoms with Crippen LogP contribution in [0.1, 0.15) is 13.8 Å².